The predicted octanol–water partition coefficient (Wildman–Crippen LogP) is 1.87. The number of hydrogen-bond donors (Lipinski definition) is 4. The number of fused-ring (bicyclic) bond motifs is 1. The van der Waals surface area contributed by atoms with Gasteiger partial charge in [-0.05, 0) is 37.5 Å². The van der Waals surface area contributed by atoms with Gasteiger partial charge < -0.3 is 15.8 Å². The highest BCUT2D eigenvalue weighted by Crippen LogP contribution is 2.29. The fourth-order valence-corrected chi connectivity index (χ4v) is 2.77. The van der Waals surface area contributed by atoms with Gasteiger partial charge in [0.2, 0.25) is 0 Å². The van der Waals surface area contributed by atoms with Crippen molar-refractivity contribution in [2.24, 2.45) is 5.73 Å². The van der Waals surface area contributed by atoms with Crippen LogP contribution in [-0.2, 0) is 4.74 Å². The average Bonchev–Trinajstić information content (AvgIpc) is 3.09. The van der Waals surface area contributed by atoms with Gasteiger partial charge in [-0.2, -0.15) is 10.2 Å². The fraction of sp³-hybridized carbons (Fsp3) is 0.389. The minimum absolute atomic E-state index is 0.216. The molecule has 0 saturated carbocycles. The summed E-state index contributed by atoms with van der Waals surface area (Å²) in [7, 11) is 0. The number of H-pyrrole nitrogens is 2. The molecular formula is C18H24N6O2. The summed E-state index contributed by atoms with van der Waals surface area (Å²) in [5.41, 5.74) is 8.95. The summed E-state index contributed by atoms with van der Waals surface area (Å²) in [6, 6.07) is 5.68. The summed E-state index contributed by atoms with van der Waals surface area (Å²) in [6.45, 7) is 3.99. The Morgan fingerprint density at radius 3 is 2.81 bits per heavy atom. The van der Waals surface area contributed by atoms with Crippen molar-refractivity contribution in [3.8, 4) is 11.1 Å². The smallest absolute Gasteiger partial charge is 0.264 e. The van der Waals surface area contributed by atoms with E-state index >= 15 is 0 Å². The van der Waals surface area contributed by atoms with Gasteiger partial charge in [-0.1, -0.05) is 0 Å². The average molecular weight is 356 g/mol. The maximum absolute atomic E-state index is 11.5. The molecule has 8 nitrogen and oxygen atoms in total. The van der Waals surface area contributed by atoms with Crippen LogP contribution in [0.15, 0.2) is 35.4 Å². The zero-order chi connectivity index (χ0) is 18.4. The predicted molar refractivity (Wildman–Crippen MR) is 102 cm³/mol. The van der Waals surface area contributed by atoms with Crippen molar-refractivity contribution >= 4 is 16.6 Å². The molecule has 0 unspecified atom stereocenters. The van der Waals surface area contributed by atoms with Crippen molar-refractivity contribution in [2.75, 3.05) is 25.1 Å². The highest BCUT2D eigenvalue weighted by Gasteiger charge is 2.08. The normalized spacial score (nSPS) is 12.4. The van der Waals surface area contributed by atoms with E-state index in [9.17, 15) is 4.79 Å². The summed E-state index contributed by atoms with van der Waals surface area (Å²) >= 11 is 0. The van der Waals surface area contributed by atoms with Gasteiger partial charge in [-0.3, -0.25) is 9.89 Å². The first kappa shape index (κ1) is 18.1. The zero-order valence-corrected chi connectivity index (χ0v) is 14.8. The molecule has 26 heavy (non-hydrogen) atoms. The molecule has 2 aromatic heterocycles. The molecule has 5 N–H and O–H groups in total. The lowest BCUT2D eigenvalue weighted by atomic mass is 10.1. The Hall–Kier alpha value is -2.71. The van der Waals surface area contributed by atoms with Crippen LogP contribution >= 0.6 is 0 Å². The van der Waals surface area contributed by atoms with Crippen LogP contribution in [0.25, 0.3) is 22.0 Å². The van der Waals surface area contributed by atoms with E-state index in [1.54, 1.807) is 12.4 Å². The number of aromatic amines is 2. The quantitative estimate of drug-likeness (QED) is 0.434. The van der Waals surface area contributed by atoms with Gasteiger partial charge in [0.15, 0.2) is 0 Å². The van der Waals surface area contributed by atoms with Gasteiger partial charge in [-0.25, -0.2) is 5.10 Å². The summed E-state index contributed by atoms with van der Waals surface area (Å²) in [5.74, 6) is 0. The van der Waals surface area contributed by atoms with Crippen molar-refractivity contribution in [2.45, 2.75) is 25.8 Å². The molecule has 8 heteroatoms. The Labute approximate surface area is 151 Å². The number of aromatic nitrogens is 4. The molecule has 3 rings (SSSR count). The van der Waals surface area contributed by atoms with Crippen molar-refractivity contribution < 1.29 is 4.74 Å². The zero-order valence-electron chi connectivity index (χ0n) is 14.8. The lowest BCUT2D eigenvalue weighted by Crippen LogP contribution is -2.16. The molecule has 0 amide bonds. The largest absolute Gasteiger partial charge is 0.382 e. The van der Waals surface area contributed by atoms with Gasteiger partial charge in [0.05, 0.1) is 24.5 Å². The van der Waals surface area contributed by atoms with E-state index in [-0.39, 0.29) is 11.6 Å². The Kier molecular flexibility index (Phi) is 5.98. The van der Waals surface area contributed by atoms with Crippen LogP contribution in [0.5, 0.6) is 0 Å². The molecule has 0 aliphatic rings. The number of hydrogen-bond acceptors (Lipinski definition) is 6. The first-order valence-electron chi connectivity index (χ1n) is 8.73. The Morgan fingerprint density at radius 1 is 1.15 bits per heavy atom. The fourth-order valence-electron chi connectivity index (χ4n) is 2.77. The lowest BCUT2D eigenvalue weighted by molar-refractivity contribution is 0.139. The van der Waals surface area contributed by atoms with Gasteiger partial charge in [0.1, 0.15) is 0 Å². The standard InChI is InChI=1S/C18H24N6O2/c1-12(19)3-2-5-26-6-4-20-16-7-13(8-17-15(16)11-22-23-17)14-9-18(25)24-21-10-14/h7-12,20H,2-6,19H2,1H3,(H,22,23)(H,24,25)/t12-/m0/s1. The Morgan fingerprint density at radius 2 is 2.00 bits per heavy atom. The number of benzene rings is 1. The van der Waals surface area contributed by atoms with Gasteiger partial charge in [0.25, 0.3) is 5.56 Å². The summed E-state index contributed by atoms with van der Waals surface area (Å²) in [5, 5.41) is 17.7. The van der Waals surface area contributed by atoms with Gasteiger partial charge in [-0.15, -0.1) is 0 Å². The summed E-state index contributed by atoms with van der Waals surface area (Å²) in [4.78, 5) is 11.5. The molecular weight excluding hydrogens is 332 g/mol. The SMILES string of the molecule is C[C@H](N)CCCOCCNc1cc(-c2cn[nH]c(=O)c2)cc2[nH]ncc12. The monoisotopic (exact) mass is 356 g/mol. The van der Waals surface area contributed by atoms with Crippen LogP contribution < -0.4 is 16.6 Å². The third kappa shape index (κ3) is 4.68. The summed E-state index contributed by atoms with van der Waals surface area (Å²) in [6.07, 6.45) is 5.34. The molecule has 0 fully saturated rings. The van der Waals surface area contributed by atoms with Gasteiger partial charge in [0, 0.05) is 41.9 Å². The maximum Gasteiger partial charge on any atom is 0.264 e. The number of nitrogens with zero attached hydrogens (tertiary/aromatic N) is 2. The number of anilines is 1. The second-order valence-electron chi connectivity index (χ2n) is 6.35. The highest BCUT2D eigenvalue weighted by molar-refractivity contribution is 5.95. The second-order valence-corrected chi connectivity index (χ2v) is 6.35. The molecule has 0 radical (unpaired) electrons. The molecule has 3 aromatic rings. The number of ether oxygens (including phenoxy) is 1. The van der Waals surface area contributed by atoms with Crippen LogP contribution in [0, 0.1) is 0 Å². The van der Waals surface area contributed by atoms with E-state index in [4.69, 9.17) is 10.5 Å². The third-order valence-electron chi connectivity index (χ3n) is 4.07. The van der Waals surface area contributed by atoms with Crippen LogP contribution in [0.1, 0.15) is 19.8 Å². The van der Waals surface area contributed by atoms with E-state index in [0.717, 1.165) is 40.6 Å². The molecule has 0 aliphatic heterocycles. The van der Waals surface area contributed by atoms with Crippen LogP contribution in [-0.4, -0.2) is 46.2 Å². The lowest BCUT2D eigenvalue weighted by Gasteiger charge is -2.11. The number of nitrogens with two attached hydrogens (primary N) is 1. The topological polar surface area (TPSA) is 122 Å². The van der Waals surface area contributed by atoms with E-state index in [1.807, 2.05) is 19.1 Å². The van der Waals surface area contributed by atoms with E-state index in [0.29, 0.717) is 19.8 Å². The van der Waals surface area contributed by atoms with E-state index in [2.05, 4.69) is 25.7 Å². The maximum atomic E-state index is 11.5. The van der Waals surface area contributed by atoms with Gasteiger partial charge >= 0.3 is 0 Å². The number of nitrogens with one attached hydrogen (secondary N) is 3. The Bertz CT molecular complexity index is 902. The summed E-state index contributed by atoms with van der Waals surface area (Å²) < 4.78 is 5.63. The van der Waals surface area contributed by atoms with Crippen molar-refractivity contribution in [1.29, 1.82) is 0 Å². The molecule has 0 saturated heterocycles. The number of rotatable bonds is 9. The molecule has 0 spiro atoms. The van der Waals surface area contributed by atoms with Crippen LogP contribution in [0.4, 0.5) is 5.69 Å². The second kappa shape index (κ2) is 8.59. The van der Waals surface area contributed by atoms with E-state index < -0.39 is 0 Å². The Balaban J connectivity index is 1.66. The van der Waals surface area contributed by atoms with Crippen LogP contribution in [0.2, 0.25) is 0 Å². The van der Waals surface area contributed by atoms with Crippen molar-refractivity contribution in [1.82, 2.24) is 20.4 Å². The minimum atomic E-state index is -0.234. The molecule has 1 atom stereocenters. The molecule has 0 aliphatic carbocycles. The first-order chi connectivity index (χ1) is 12.6. The highest BCUT2D eigenvalue weighted by atomic mass is 16.5. The van der Waals surface area contributed by atoms with Crippen molar-refractivity contribution in [3.05, 3.63) is 40.9 Å². The third-order valence-corrected chi connectivity index (χ3v) is 4.07. The van der Waals surface area contributed by atoms with E-state index in [1.165, 1.54) is 6.07 Å². The molecule has 1 aromatic carbocycles. The first-order valence-corrected chi connectivity index (χ1v) is 8.73. The molecule has 0 bridgehead atoms. The minimum Gasteiger partial charge on any atom is -0.382 e. The van der Waals surface area contributed by atoms with Crippen LogP contribution in [0.3, 0.4) is 0 Å². The molecule has 138 valence electrons. The molecule has 2 heterocycles. The van der Waals surface area contributed by atoms with Crippen molar-refractivity contribution in [3.63, 3.8) is 0 Å².